The molecule has 32 heavy (non-hydrogen) atoms. The molecule has 1 atom stereocenters. The van der Waals surface area contributed by atoms with E-state index in [-0.39, 0.29) is 29.4 Å². The second kappa shape index (κ2) is 9.76. The molecule has 3 aromatic rings. The Labute approximate surface area is 198 Å². The summed E-state index contributed by atoms with van der Waals surface area (Å²) >= 11 is 6.33. The quantitative estimate of drug-likeness (QED) is 0.537. The van der Waals surface area contributed by atoms with E-state index in [9.17, 15) is 8.42 Å². The fourth-order valence-electron chi connectivity index (χ4n) is 3.83. The van der Waals surface area contributed by atoms with E-state index in [4.69, 9.17) is 21.5 Å². The number of benzene rings is 2. The Kier molecular flexibility index (Phi) is 7.46. The third kappa shape index (κ3) is 5.07. The van der Waals surface area contributed by atoms with Gasteiger partial charge >= 0.3 is 0 Å². The summed E-state index contributed by atoms with van der Waals surface area (Å²) in [5.74, 6) is 1.15. The number of ether oxygens (including phenoxy) is 1. The van der Waals surface area contributed by atoms with Crippen molar-refractivity contribution in [3.8, 4) is 28.3 Å². The molecule has 0 radical (unpaired) electrons. The molecule has 0 saturated carbocycles. The van der Waals surface area contributed by atoms with Gasteiger partial charge in [-0.25, -0.2) is 13.6 Å². The maximum Gasteiger partial charge on any atom is 0.238 e. The van der Waals surface area contributed by atoms with Crippen LogP contribution >= 0.6 is 24.0 Å². The van der Waals surface area contributed by atoms with E-state index in [1.165, 1.54) is 6.07 Å². The summed E-state index contributed by atoms with van der Waals surface area (Å²) in [7, 11) is -3.99. The topological polar surface area (TPSA) is 112 Å². The van der Waals surface area contributed by atoms with Crippen LogP contribution in [-0.4, -0.2) is 42.4 Å². The molecule has 0 spiro atoms. The van der Waals surface area contributed by atoms with Gasteiger partial charge in [-0.1, -0.05) is 17.7 Å². The van der Waals surface area contributed by atoms with Gasteiger partial charge in [-0.15, -0.1) is 22.6 Å². The lowest BCUT2D eigenvalue weighted by Crippen LogP contribution is -2.15. The lowest BCUT2D eigenvalue weighted by Gasteiger charge is -2.18. The summed E-state index contributed by atoms with van der Waals surface area (Å²) in [6.45, 7) is 5.52. The maximum absolute atomic E-state index is 12.4. The van der Waals surface area contributed by atoms with Gasteiger partial charge in [0.1, 0.15) is 12.1 Å². The number of primary sulfonamides is 1. The zero-order valence-electron chi connectivity index (χ0n) is 17.7. The second-order valence-corrected chi connectivity index (χ2v) is 9.73. The molecule has 0 aliphatic carbocycles. The van der Waals surface area contributed by atoms with E-state index in [2.05, 4.69) is 15.5 Å². The molecule has 1 aromatic heterocycles. The maximum atomic E-state index is 12.4. The van der Waals surface area contributed by atoms with Crippen molar-refractivity contribution in [2.75, 3.05) is 13.1 Å². The highest BCUT2D eigenvalue weighted by Gasteiger charge is 2.25. The number of aromatic nitrogens is 3. The Morgan fingerprint density at radius 1 is 1.19 bits per heavy atom. The number of hydrogen-bond acceptors (Lipinski definition) is 6. The van der Waals surface area contributed by atoms with E-state index in [1.54, 1.807) is 36.7 Å². The first-order chi connectivity index (χ1) is 14.7. The highest BCUT2D eigenvalue weighted by Crippen LogP contribution is 2.39. The average molecular weight is 498 g/mol. The average Bonchev–Trinajstić information content (AvgIpc) is 3.38. The number of hydrogen-bond donors (Lipinski definition) is 2. The van der Waals surface area contributed by atoms with Crippen LogP contribution in [0, 0.1) is 0 Å². The third-order valence-corrected chi connectivity index (χ3v) is 6.35. The van der Waals surface area contributed by atoms with Gasteiger partial charge in [0.05, 0.1) is 17.0 Å². The Bertz CT molecular complexity index is 1210. The van der Waals surface area contributed by atoms with Crippen LogP contribution in [0.3, 0.4) is 0 Å². The minimum atomic E-state index is -3.99. The minimum absolute atomic E-state index is 0. The molecule has 1 aliphatic rings. The molecule has 11 heteroatoms. The van der Waals surface area contributed by atoms with Crippen molar-refractivity contribution in [1.29, 1.82) is 0 Å². The Hall–Kier alpha value is -2.17. The molecular formula is C21H25Cl2N5O3S. The Morgan fingerprint density at radius 2 is 1.97 bits per heavy atom. The first-order valence-electron chi connectivity index (χ1n) is 9.98. The zero-order valence-corrected chi connectivity index (χ0v) is 20.0. The van der Waals surface area contributed by atoms with Gasteiger partial charge < -0.3 is 14.6 Å². The van der Waals surface area contributed by atoms with Crippen LogP contribution in [0.1, 0.15) is 26.3 Å². The number of halogens is 2. The van der Waals surface area contributed by atoms with Crippen LogP contribution in [0.5, 0.6) is 5.75 Å². The molecule has 2 heterocycles. The zero-order chi connectivity index (χ0) is 22.2. The first-order valence-corrected chi connectivity index (χ1v) is 11.9. The fraction of sp³-hybridized carbons (Fsp3) is 0.333. The number of nitrogens with two attached hydrogens (primary N) is 1. The van der Waals surface area contributed by atoms with Gasteiger partial charge in [-0.2, -0.15) is 0 Å². The third-order valence-electron chi connectivity index (χ3n) is 5.14. The van der Waals surface area contributed by atoms with Crippen molar-refractivity contribution in [1.82, 2.24) is 20.1 Å². The molecule has 2 aromatic carbocycles. The molecule has 1 saturated heterocycles. The number of rotatable bonds is 6. The fourth-order valence-corrected chi connectivity index (χ4v) is 4.73. The highest BCUT2D eigenvalue weighted by molar-refractivity contribution is 7.89. The number of nitrogens with zero attached hydrogens (tertiary/aromatic N) is 3. The largest absolute Gasteiger partial charge is 0.491 e. The van der Waals surface area contributed by atoms with E-state index in [1.807, 2.05) is 18.4 Å². The molecule has 8 nitrogen and oxygen atoms in total. The molecule has 4 rings (SSSR count). The standard InChI is InChI=1S/C21H24ClN5O3S.ClH/c1-13(2)30-16-4-6-20(31(23,28)29)18(10-16)17-5-3-14(22)9-19(17)21-26-25-12-27(21)15-7-8-24-11-15;/h3-6,9-10,12-13,15,24H,7-8,11H2,1-2H3,(H2,23,28,29);1H/t15-;/m0./s1. The van der Waals surface area contributed by atoms with Gasteiger partial charge in [0.15, 0.2) is 5.82 Å². The minimum Gasteiger partial charge on any atom is -0.491 e. The van der Waals surface area contributed by atoms with Gasteiger partial charge in [0, 0.05) is 22.7 Å². The summed E-state index contributed by atoms with van der Waals surface area (Å²) in [6.07, 6.45) is 2.56. The summed E-state index contributed by atoms with van der Waals surface area (Å²) in [5.41, 5.74) is 1.72. The van der Waals surface area contributed by atoms with Gasteiger partial charge in [0.25, 0.3) is 0 Å². The molecule has 1 aliphatic heterocycles. The molecule has 0 unspecified atom stereocenters. The van der Waals surface area contributed by atoms with Crippen LogP contribution in [0.4, 0.5) is 0 Å². The monoisotopic (exact) mass is 497 g/mol. The SMILES string of the molecule is CC(C)Oc1ccc(S(N)(=O)=O)c(-c2ccc(Cl)cc2-c2nncn2[C@H]2CCNC2)c1.Cl. The van der Waals surface area contributed by atoms with E-state index >= 15 is 0 Å². The number of nitrogens with one attached hydrogen (secondary N) is 1. The predicted octanol–water partition coefficient (Wildman–Crippen LogP) is 3.66. The molecule has 1 fully saturated rings. The summed E-state index contributed by atoms with van der Waals surface area (Å²) in [5, 5.41) is 17.8. The molecule has 0 bridgehead atoms. The second-order valence-electron chi connectivity index (χ2n) is 7.77. The first kappa shape index (κ1) is 24.5. The van der Waals surface area contributed by atoms with Crippen molar-refractivity contribution in [3.05, 3.63) is 47.7 Å². The van der Waals surface area contributed by atoms with E-state index in [0.717, 1.165) is 19.5 Å². The van der Waals surface area contributed by atoms with Crippen LogP contribution in [0.2, 0.25) is 5.02 Å². The number of sulfonamides is 1. The van der Waals surface area contributed by atoms with E-state index in [0.29, 0.717) is 33.3 Å². The van der Waals surface area contributed by atoms with Crippen molar-refractivity contribution >= 4 is 34.0 Å². The molecule has 0 amide bonds. The van der Waals surface area contributed by atoms with Crippen LogP contribution in [0.25, 0.3) is 22.5 Å². The van der Waals surface area contributed by atoms with Gasteiger partial charge in [-0.05, 0) is 62.7 Å². The predicted molar refractivity (Wildman–Crippen MR) is 127 cm³/mol. The van der Waals surface area contributed by atoms with Crippen molar-refractivity contribution in [2.24, 2.45) is 5.14 Å². The molecular weight excluding hydrogens is 473 g/mol. The van der Waals surface area contributed by atoms with Crippen molar-refractivity contribution < 1.29 is 13.2 Å². The molecule has 3 N–H and O–H groups in total. The summed E-state index contributed by atoms with van der Waals surface area (Å²) in [6, 6.07) is 10.2. The normalized spacial score (nSPS) is 16.2. The van der Waals surface area contributed by atoms with Crippen molar-refractivity contribution in [3.63, 3.8) is 0 Å². The van der Waals surface area contributed by atoms with E-state index < -0.39 is 10.0 Å². The molecule has 172 valence electrons. The van der Waals surface area contributed by atoms with Crippen molar-refractivity contribution in [2.45, 2.75) is 37.3 Å². The van der Waals surface area contributed by atoms with Crippen LogP contribution in [-0.2, 0) is 10.0 Å². The van der Waals surface area contributed by atoms with Crippen LogP contribution in [0.15, 0.2) is 47.6 Å². The Morgan fingerprint density at radius 3 is 2.62 bits per heavy atom. The lowest BCUT2D eigenvalue weighted by atomic mass is 9.98. The van der Waals surface area contributed by atoms with Gasteiger partial charge in [0.2, 0.25) is 10.0 Å². The van der Waals surface area contributed by atoms with Crippen LogP contribution < -0.4 is 15.2 Å². The summed E-state index contributed by atoms with van der Waals surface area (Å²) in [4.78, 5) is 0.000719. The smallest absolute Gasteiger partial charge is 0.238 e. The lowest BCUT2D eigenvalue weighted by molar-refractivity contribution is 0.242. The Balaban J connectivity index is 0.00000289. The highest BCUT2D eigenvalue weighted by atomic mass is 35.5. The summed E-state index contributed by atoms with van der Waals surface area (Å²) < 4.78 is 32.5. The van der Waals surface area contributed by atoms with Gasteiger partial charge in [-0.3, -0.25) is 0 Å².